The first kappa shape index (κ1) is 27.6. The maximum Gasteiger partial charge on any atom is 0.253 e. The highest BCUT2D eigenvalue weighted by Gasteiger charge is 2.24. The summed E-state index contributed by atoms with van der Waals surface area (Å²) < 4.78 is 12.1. The van der Waals surface area contributed by atoms with E-state index < -0.39 is 0 Å². The minimum atomic E-state index is 0.114. The maximum atomic E-state index is 13.4. The van der Waals surface area contributed by atoms with Gasteiger partial charge in [0.2, 0.25) is 0 Å². The number of carbonyl (C=O) groups is 1. The van der Waals surface area contributed by atoms with Crippen LogP contribution in [0.4, 0.5) is 0 Å². The van der Waals surface area contributed by atoms with Crippen molar-refractivity contribution in [2.45, 2.75) is 53.1 Å². The summed E-state index contributed by atoms with van der Waals surface area (Å²) in [6, 6.07) is 15.3. The van der Waals surface area contributed by atoms with Crippen LogP contribution in [-0.2, 0) is 17.7 Å². The topological polar surface area (TPSA) is 45.3 Å². The number of hydrogen-bond donors (Lipinski definition) is 0. The zero-order valence-electron chi connectivity index (χ0n) is 23.2. The number of fused-ring (bicyclic) bond motifs is 3. The van der Waals surface area contributed by atoms with E-state index in [9.17, 15) is 4.79 Å². The SMILES string of the molecule is CC(C)CCN1CCOCCOc2ccc(C(=O)N3CCN(C(C)C)CC3)cc2Cc2cccc(c2)C1. The van der Waals surface area contributed by atoms with E-state index in [0.717, 1.165) is 69.1 Å². The van der Waals surface area contributed by atoms with Gasteiger partial charge in [0.05, 0.1) is 13.2 Å². The van der Waals surface area contributed by atoms with Crippen molar-refractivity contribution >= 4 is 5.91 Å². The highest BCUT2D eigenvalue weighted by molar-refractivity contribution is 5.94. The summed E-state index contributed by atoms with van der Waals surface area (Å²) in [6.45, 7) is 17.1. The number of piperazine rings is 1. The minimum absolute atomic E-state index is 0.114. The monoisotopic (exact) mass is 507 g/mol. The van der Waals surface area contributed by atoms with E-state index in [4.69, 9.17) is 9.47 Å². The van der Waals surface area contributed by atoms with Crippen LogP contribution in [0.5, 0.6) is 5.75 Å². The summed E-state index contributed by atoms with van der Waals surface area (Å²) >= 11 is 0. The Morgan fingerprint density at radius 2 is 1.68 bits per heavy atom. The van der Waals surface area contributed by atoms with Gasteiger partial charge in [-0.05, 0) is 67.6 Å². The molecule has 0 spiro atoms. The van der Waals surface area contributed by atoms with Crippen molar-refractivity contribution < 1.29 is 14.3 Å². The van der Waals surface area contributed by atoms with Crippen molar-refractivity contribution in [2.24, 2.45) is 5.92 Å². The largest absolute Gasteiger partial charge is 0.491 e. The van der Waals surface area contributed by atoms with E-state index in [1.54, 1.807) is 0 Å². The van der Waals surface area contributed by atoms with Crippen LogP contribution in [0.3, 0.4) is 0 Å². The quantitative estimate of drug-likeness (QED) is 0.587. The van der Waals surface area contributed by atoms with Gasteiger partial charge in [0.1, 0.15) is 12.4 Å². The molecule has 2 aromatic carbocycles. The van der Waals surface area contributed by atoms with Crippen LogP contribution in [0.25, 0.3) is 0 Å². The Hall–Kier alpha value is -2.41. The maximum absolute atomic E-state index is 13.4. The molecule has 0 atom stereocenters. The van der Waals surface area contributed by atoms with E-state index in [2.05, 4.69) is 61.8 Å². The number of benzene rings is 2. The van der Waals surface area contributed by atoms with E-state index in [1.165, 1.54) is 17.5 Å². The van der Waals surface area contributed by atoms with Gasteiger partial charge in [-0.3, -0.25) is 14.6 Å². The Morgan fingerprint density at radius 1 is 0.892 bits per heavy atom. The molecule has 202 valence electrons. The molecule has 0 aliphatic carbocycles. The Labute approximate surface area is 223 Å². The van der Waals surface area contributed by atoms with E-state index in [1.807, 2.05) is 23.1 Å². The third kappa shape index (κ3) is 8.03. The second kappa shape index (κ2) is 13.4. The Kier molecular flexibility index (Phi) is 10.0. The van der Waals surface area contributed by atoms with Crippen LogP contribution in [0.2, 0.25) is 0 Å². The van der Waals surface area contributed by atoms with Gasteiger partial charge in [-0.2, -0.15) is 0 Å². The minimum Gasteiger partial charge on any atom is -0.491 e. The van der Waals surface area contributed by atoms with Crippen molar-refractivity contribution in [1.29, 1.82) is 0 Å². The van der Waals surface area contributed by atoms with Gasteiger partial charge in [-0.15, -0.1) is 0 Å². The Morgan fingerprint density at radius 3 is 2.43 bits per heavy atom. The summed E-state index contributed by atoms with van der Waals surface area (Å²) in [7, 11) is 0. The molecule has 0 aromatic heterocycles. The smallest absolute Gasteiger partial charge is 0.253 e. The molecule has 4 rings (SSSR count). The molecular weight excluding hydrogens is 462 g/mol. The fourth-order valence-corrected chi connectivity index (χ4v) is 5.15. The van der Waals surface area contributed by atoms with Gasteiger partial charge in [0.25, 0.3) is 5.91 Å². The van der Waals surface area contributed by atoms with Crippen molar-refractivity contribution in [3.63, 3.8) is 0 Å². The lowest BCUT2D eigenvalue weighted by molar-refractivity contribution is 0.0595. The lowest BCUT2D eigenvalue weighted by Gasteiger charge is -2.37. The van der Waals surface area contributed by atoms with Crippen LogP contribution in [-0.4, -0.2) is 85.7 Å². The first-order chi connectivity index (χ1) is 17.9. The first-order valence-electron chi connectivity index (χ1n) is 14.1. The van der Waals surface area contributed by atoms with Gasteiger partial charge in [0, 0.05) is 57.3 Å². The Balaban J connectivity index is 1.53. The number of hydrogen-bond acceptors (Lipinski definition) is 5. The summed E-state index contributed by atoms with van der Waals surface area (Å²) in [6.07, 6.45) is 1.91. The highest BCUT2D eigenvalue weighted by atomic mass is 16.5. The Bertz CT molecular complexity index is 1010. The average molecular weight is 508 g/mol. The fourth-order valence-electron chi connectivity index (χ4n) is 5.15. The van der Waals surface area contributed by atoms with Gasteiger partial charge in [-0.1, -0.05) is 38.1 Å². The standard InChI is InChI=1S/C31H45N3O3/c1-24(2)10-11-32-16-17-36-18-19-37-30-9-8-28(31(35)34-14-12-33(13-15-34)25(3)4)22-29(30)21-26-6-5-7-27(20-26)23-32/h5-9,20,22,24-25H,10-19,21,23H2,1-4H3. The molecule has 2 aliphatic rings. The van der Waals surface area contributed by atoms with E-state index >= 15 is 0 Å². The molecule has 2 bridgehead atoms. The van der Waals surface area contributed by atoms with Gasteiger partial charge >= 0.3 is 0 Å². The lowest BCUT2D eigenvalue weighted by Crippen LogP contribution is -2.50. The van der Waals surface area contributed by atoms with E-state index in [-0.39, 0.29) is 5.91 Å². The first-order valence-corrected chi connectivity index (χ1v) is 14.1. The lowest BCUT2D eigenvalue weighted by atomic mass is 9.99. The molecule has 0 radical (unpaired) electrons. The highest BCUT2D eigenvalue weighted by Crippen LogP contribution is 2.25. The molecule has 0 saturated carbocycles. The number of amides is 1. The number of nitrogens with zero attached hydrogens (tertiary/aromatic N) is 3. The number of carbonyl (C=O) groups excluding carboxylic acids is 1. The second-order valence-corrected chi connectivity index (χ2v) is 11.2. The summed E-state index contributed by atoms with van der Waals surface area (Å²) in [4.78, 5) is 20.3. The molecule has 2 aromatic rings. The third-order valence-corrected chi connectivity index (χ3v) is 7.49. The molecule has 2 heterocycles. The zero-order valence-corrected chi connectivity index (χ0v) is 23.2. The predicted octanol–water partition coefficient (Wildman–Crippen LogP) is 4.70. The predicted molar refractivity (Wildman–Crippen MR) is 149 cm³/mol. The molecular formula is C31H45N3O3. The van der Waals surface area contributed by atoms with Crippen molar-refractivity contribution in [3.8, 4) is 5.75 Å². The summed E-state index contributed by atoms with van der Waals surface area (Å²) in [5, 5.41) is 0. The third-order valence-electron chi connectivity index (χ3n) is 7.49. The number of rotatable bonds is 5. The van der Waals surface area contributed by atoms with E-state index in [0.29, 0.717) is 31.8 Å². The second-order valence-electron chi connectivity index (χ2n) is 11.2. The average Bonchev–Trinajstić information content (AvgIpc) is 2.89. The normalized spacial score (nSPS) is 18.4. The molecule has 2 aliphatic heterocycles. The van der Waals surface area contributed by atoms with Crippen LogP contribution < -0.4 is 4.74 Å². The molecule has 37 heavy (non-hydrogen) atoms. The fraction of sp³-hybridized carbons (Fsp3) is 0.581. The molecule has 1 fully saturated rings. The van der Waals surface area contributed by atoms with Crippen molar-refractivity contribution in [2.75, 3.05) is 59.1 Å². The van der Waals surface area contributed by atoms with Crippen LogP contribution >= 0.6 is 0 Å². The van der Waals surface area contributed by atoms with Crippen LogP contribution in [0, 0.1) is 5.92 Å². The molecule has 6 nitrogen and oxygen atoms in total. The van der Waals surface area contributed by atoms with Gasteiger partial charge in [-0.25, -0.2) is 0 Å². The molecule has 1 saturated heterocycles. The van der Waals surface area contributed by atoms with Crippen LogP contribution in [0.1, 0.15) is 61.2 Å². The van der Waals surface area contributed by atoms with Crippen molar-refractivity contribution in [1.82, 2.24) is 14.7 Å². The zero-order chi connectivity index (χ0) is 26.2. The number of ether oxygens (including phenoxy) is 2. The van der Waals surface area contributed by atoms with Gasteiger partial charge < -0.3 is 14.4 Å². The molecule has 6 heteroatoms. The van der Waals surface area contributed by atoms with Gasteiger partial charge in [0.15, 0.2) is 0 Å². The summed E-state index contributed by atoms with van der Waals surface area (Å²) in [5.41, 5.74) is 4.36. The summed E-state index contributed by atoms with van der Waals surface area (Å²) in [5.74, 6) is 1.63. The molecule has 1 amide bonds. The molecule has 0 unspecified atom stereocenters. The van der Waals surface area contributed by atoms with Crippen molar-refractivity contribution in [3.05, 3.63) is 64.7 Å². The van der Waals surface area contributed by atoms with Crippen LogP contribution in [0.15, 0.2) is 42.5 Å². The molecule has 0 N–H and O–H groups in total.